The Bertz CT molecular complexity index is 1130. The predicted octanol–water partition coefficient (Wildman–Crippen LogP) is -7.10. The third-order valence-corrected chi connectivity index (χ3v) is 9.51. The van der Waals surface area contributed by atoms with E-state index in [0.717, 1.165) is 6.92 Å². The van der Waals surface area contributed by atoms with Gasteiger partial charge < -0.3 is 65.6 Å². The summed E-state index contributed by atoms with van der Waals surface area (Å²) in [4.78, 5) is 24.8. The van der Waals surface area contributed by atoms with Gasteiger partial charge in [0.05, 0.1) is 34.1 Å². The molecule has 0 bridgehead atoms. The maximum absolute atomic E-state index is 12.9. The maximum Gasteiger partial charge on any atom is 1.00 e. The quantitative estimate of drug-likeness (QED) is 0.103. The van der Waals surface area contributed by atoms with Crippen LogP contribution in [-0.4, -0.2) is 136 Å². The van der Waals surface area contributed by atoms with Gasteiger partial charge in [-0.3, -0.25) is 9.59 Å². The summed E-state index contributed by atoms with van der Waals surface area (Å²) in [6.07, 6.45) is -13.6. The van der Waals surface area contributed by atoms with E-state index in [1.165, 1.54) is 0 Å². The number of carbonyl (C=O) groups excluding carboxylic acids is 2. The topological polar surface area (TPSA) is 278 Å². The van der Waals surface area contributed by atoms with Crippen LogP contribution in [0.25, 0.3) is 0 Å². The minimum absolute atomic E-state index is 0. The summed E-state index contributed by atoms with van der Waals surface area (Å²) in [6, 6.07) is 0. The van der Waals surface area contributed by atoms with Gasteiger partial charge in [0.15, 0.2) is 11.6 Å². The minimum atomic E-state index is -1.86. The van der Waals surface area contributed by atoms with Gasteiger partial charge in [-0.15, -0.1) is 0 Å². The summed E-state index contributed by atoms with van der Waals surface area (Å²) in [5.74, 6) is -5.63. The third-order valence-electron chi connectivity index (χ3n) is 6.87. The van der Waals surface area contributed by atoms with Crippen molar-refractivity contribution < 1.29 is 105 Å². The molecule has 3 aliphatic rings. The largest absolute Gasteiger partial charge is 1.00 e. The fourth-order valence-electron chi connectivity index (χ4n) is 4.48. The molecule has 1 aliphatic carbocycles. The van der Waals surface area contributed by atoms with Crippen LogP contribution < -0.4 is 34.7 Å². The Balaban J connectivity index is 0.00000462. The fraction of sp³-hybridized carbons (Fsp3) is 0.565. The van der Waals surface area contributed by atoms with E-state index in [1.807, 2.05) is 0 Å². The monoisotopic (exact) mass is 630 g/mol. The molecule has 2 fully saturated rings. The van der Waals surface area contributed by atoms with Gasteiger partial charge in [-0.25, -0.2) is 0 Å². The molecule has 41 heavy (non-hydrogen) atoms. The van der Waals surface area contributed by atoms with Gasteiger partial charge in [0, 0.05) is 0 Å². The van der Waals surface area contributed by atoms with Crippen LogP contribution in [0.5, 0.6) is 11.5 Å². The number of phenols is 2. The zero-order chi connectivity index (χ0) is 29.8. The van der Waals surface area contributed by atoms with Gasteiger partial charge in [0.1, 0.15) is 71.2 Å². The summed E-state index contributed by atoms with van der Waals surface area (Å²) < 4.78 is 10.9. The van der Waals surface area contributed by atoms with Crippen molar-refractivity contribution in [3.05, 3.63) is 22.5 Å². The van der Waals surface area contributed by atoms with Crippen molar-refractivity contribution in [2.45, 2.75) is 76.4 Å². The molecule has 0 saturated carbocycles. The van der Waals surface area contributed by atoms with E-state index in [9.17, 15) is 65.8 Å². The molecule has 0 unspecified atom stereocenters. The summed E-state index contributed by atoms with van der Waals surface area (Å²) in [5, 5.41) is 115. The van der Waals surface area contributed by atoms with Gasteiger partial charge in [0.2, 0.25) is 0 Å². The molecule has 0 amide bonds. The number of Topliss-reactive ketones (excluding diaryl/α,β-unsaturated/α-hetero) is 2. The average molecular weight is 631 g/mol. The number of fused-ring (bicyclic) bond motifs is 1. The molecule has 15 nitrogen and oxygen atoms in total. The number of thioether (sulfide) groups is 2. The molecule has 10 N–H and O–H groups in total. The molecule has 2 saturated heterocycles. The number of aliphatic hydroxyl groups excluding tert-OH is 8. The molecule has 0 spiro atoms. The Hall–Kier alpha value is -1.000. The van der Waals surface area contributed by atoms with E-state index in [-0.39, 0.29) is 29.6 Å². The molecule has 222 valence electrons. The van der Waals surface area contributed by atoms with Gasteiger partial charge >= 0.3 is 29.6 Å². The van der Waals surface area contributed by atoms with Crippen molar-refractivity contribution in [3.8, 4) is 11.5 Å². The van der Waals surface area contributed by atoms with Crippen molar-refractivity contribution in [3.63, 3.8) is 0 Å². The molecule has 10 atom stereocenters. The van der Waals surface area contributed by atoms with Crippen LogP contribution >= 0.6 is 23.5 Å². The van der Waals surface area contributed by atoms with Crippen LogP contribution in [0.15, 0.2) is 21.1 Å². The van der Waals surface area contributed by atoms with Crippen LogP contribution in [0.1, 0.15) is 27.6 Å². The molecule has 18 heteroatoms. The number of benzene rings is 1. The molecule has 1 aromatic carbocycles. The van der Waals surface area contributed by atoms with Crippen molar-refractivity contribution >= 4 is 35.1 Å². The molecular weight excluding hydrogens is 603 g/mol. The van der Waals surface area contributed by atoms with Crippen molar-refractivity contribution in [2.75, 3.05) is 13.2 Å². The van der Waals surface area contributed by atoms with Crippen LogP contribution in [0.3, 0.4) is 0 Å². The molecule has 0 aromatic heterocycles. The first kappa shape index (κ1) is 34.5. The van der Waals surface area contributed by atoms with Crippen LogP contribution in [0.2, 0.25) is 0 Å². The standard InChI is InChI=1S/C23H28O15S2.Na/c1-4-9(26)7-8(13(30)10(4)27)15(32)21(40-23-19(36)17(34)12(29)6(3-25)38-23)20(14(7)31)39-22-18(35)16(33)11(28)5(2-24)37-22;/h5-6,11-12,16-19,22-25,27-29,31-36H,2-3H2,1H3;/q;+1/p-1/t5-,6-,11-,12-,16+,17+,18-,19-,22+,23+;/m1./s1. The zero-order valence-corrected chi connectivity index (χ0v) is 25.2. The second kappa shape index (κ2) is 13.3. The van der Waals surface area contributed by atoms with Crippen molar-refractivity contribution in [1.82, 2.24) is 0 Å². The predicted molar refractivity (Wildman–Crippen MR) is 130 cm³/mol. The summed E-state index contributed by atoms with van der Waals surface area (Å²) >= 11 is 0.775. The van der Waals surface area contributed by atoms with Crippen molar-refractivity contribution in [2.24, 2.45) is 0 Å². The van der Waals surface area contributed by atoms with Crippen LogP contribution in [-0.2, 0) is 9.47 Å². The number of rotatable bonds is 6. The second-order valence-electron chi connectivity index (χ2n) is 9.35. The molecule has 0 radical (unpaired) electrons. The smallest absolute Gasteiger partial charge is 0.870 e. The number of hydrogen-bond acceptors (Lipinski definition) is 17. The maximum atomic E-state index is 12.9. The van der Waals surface area contributed by atoms with E-state index in [0.29, 0.717) is 23.5 Å². The van der Waals surface area contributed by atoms with Crippen molar-refractivity contribution in [1.29, 1.82) is 0 Å². The van der Waals surface area contributed by atoms with Gasteiger partial charge in [-0.1, -0.05) is 29.3 Å². The van der Waals surface area contributed by atoms with E-state index in [1.54, 1.807) is 0 Å². The number of ketones is 2. The SMILES string of the molecule is CC1=C([O-])C(=O)c2c(O)c(S[C@@H]3O[C@H](CO)[C@@H](O)[C@H](O)[C@H]3O)c(S[C@@H]3O[C@H](CO)[C@@H](O)[C@H](O)[C@H]3O)c(O)c2C1=O.[Na+]. The van der Waals surface area contributed by atoms with Crippen LogP contribution in [0, 0.1) is 0 Å². The fourth-order valence-corrected chi connectivity index (χ4v) is 7.06. The molecular formula is C23H27NaO15S2. The second-order valence-corrected chi connectivity index (χ2v) is 11.6. The first-order valence-electron chi connectivity index (χ1n) is 11.8. The Morgan fingerprint density at radius 1 is 0.683 bits per heavy atom. The van der Waals surface area contributed by atoms with E-state index in [2.05, 4.69) is 0 Å². The molecule has 1 aromatic rings. The Labute approximate surface area is 262 Å². The number of aromatic hydroxyl groups is 2. The number of ether oxygens (including phenoxy) is 2. The van der Waals surface area contributed by atoms with E-state index < -0.39 is 128 Å². The first-order valence-corrected chi connectivity index (χ1v) is 13.6. The van der Waals surface area contributed by atoms with Crippen LogP contribution in [0.4, 0.5) is 0 Å². The van der Waals surface area contributed by atoms with E-state index >= 15 is 0 Å². The number of aliphatic hydroxyl groups is 8. The number of carbonyl (C=O) groups is 2. The number of hydrogen-bond donors (Lipinski definition) is 10. The summed E-state index contributed by atoms with van der Waals surface area (Å²) in [7, 11) is 0. The molecule has 2 heterocycles. The molecule has 2 aliphatic heterocycles. The van der Waals surface area contributed by atoms with E-state index in [4.69, 9.17) is 9.47 Å². The average Bonchev–Trinajstić information content (AvgIpc) is 2.93. The zero-order valence-electron chi connectivity index (χ0n) is 21.5. The van der Waals surface area contributed by atoms with Gasteiger partial charge in [-0.05, 0) is 12.5 Å². The Morgan fingerprint density at radius 3 is 1.41 bits per heavy atom. The first-order chi connectivity index (χ1) is 18.8. The minimum Gasteiger partial charge on any atom is -0.870 e. The third kappa shape index (κ3) is 5.92. The number of allylic oxidation sites excluding steroid dienone is 2. The number of phenolic OH excluding ortho intramolecular Hbond substituents is 2. The molecule has 4 rings (SSSR count). The van der Waals surface area contributed by atoms with Gasteiger partial charge in [0.25, 0.3) is 0 Å². The summed E-state index contributed by atoms with van der Waals surface area (Å²) in [6.45, 7) is -0.547. The normalized spacial score (nSPS) is 35.7. The Morgan fingerprint density at radius 2 is 1.05 bits per heavy atom. The Kier molecular flexibility index (Phi) is 11.2. The summed E-state index contributed by atoms with van der Waals surface area (Å²) in [5.41, 5.74) is -5.29. The van der Waals surface area contributed by atoms with Gasteiger partial charge in [-0.2, -0.15) is 0 Å².